The summed E-state index contributed by atoms with van der Waals surface area (Å²) in [7, 11) is 3.36. The summed E-state index contributed by atoms with van der Waals surface area (Å²) in [5.41, 5.74) is 7.85. The van der Waals surface area contributed by atoms with Crippen LogP contribution in [-0.4, -0.2) is 64.0 Å². The van der Waals surface area contributed by atoms with Gasteiger partial charge in [-0.25, -0.2) is 4.79 Å². The molecule has 1 fully saturated rings. The summed E-state index contributed by atoms with van der Waals surface area (Å²) in [6, 6.07) is 6.26. The molecule has 0 aromatic heterocycles. The van der Waals surface area contributed by atoms with E-state index < -0.39 is 0 Å². The highest BCUT2D eigenvalue weighted by molar-refractivity contribution is 5.74. The molecular weight excluding hydrogens is 406 g/mol. The number of hydrogen-bond donors (Lipinski definition) is 2. The Morgan fingerprint density at radius 1 is 1.16 bits per heavy atom. The Morgan fingerprint density at radius 3 is 2.59 bits per heavy atom. The topological polar surface area (TPSA) is 86.1 Å². The van der Waals surface area contributed by atoms with Gasteiger partial charge in [-0.15, -0.1) is 0 Å². The molecule has 7 heteroatoms. The van der Waals surface area contributed by atoms with E-state index in [4.69, 9.17) is 19.9 Å². The predicted octanol–water partition coefficient (Wildman–Crippen LogP) is 3.69. The van der Waals surface area contributed by atoms with Crippen molar-refractivity contribution in [3.05, 3.63) is 23.8 Å². The lowest BCUT2D eigenvalue weighted by atomic mass is 9.81. The SMILES string of the molecule is COCCCOc1cc(C[C@@H](CC(N)[C@@H](C)CN2CCCNC2=O)C(C)C)ccc1OC. The molecule has 32 heavy (non-hydrogen) atoms. The fourth-order valence-corrected chi connectivity index (χ4v) is 4.16. The van der Waals surface area contributed by atoms with E-state index in [2.05, 4.69) is 38.2 Å². The van der Waals surface area contributed by atoms with Gasteiger partial charge in [0.25, 0.3) is 0 Å². The molecule has 7 nitrogen and oxygen atoms in total. The van der Waals surface area contributed by atoms with E-state index in [0.29, 0.717) is 31.6 Å². The first-order valence-electron chi connectivity index (χ1n) is 11.9. The first-order valence-corrected chi connectivity index (χ1v) is 11.9. The zero-order valence-electron chi connectivity index (χ0n) is 20.6. The largest absolute Gasteiger partial charge is 0.493 e. The van der Waals surface area contributed by atoms with Crippen LogP contribution in [0, 0.1) is 17.8 Å². The van der Waals surface area contributed by atoms with Gasteiger partial charge in [-0.2, -0.15) is 0 Å². The van der Waals surface area contributed by atoms with Crippen molar-refractivity contribution < 1.29 is 19.0 Å². The Kier molecular flexibility index (Phi) is 11.1. The van der Waals surface area contributed by atoms with Crippen LogP contribution in [0.5, 0.6) is 11.5 Å². The quantitative estimate of drug-likeness (QED) is 0.423. The third-order valence-corrected chi connectivity index (χ3v) is 6.40. The maximum atomic E-state index is 12.1. The molecule has 1 aromatic rings. The van der Waals surface area contributed by atoms with Gasteiger partial charge in [-0.05, 0) is 54.7 Å². The minimum absolute atomic E-state index is 0.0342. The van der Waals surface area contributed by atoms with E-state index in [-0.39, 0.29) is 18.0 Å². The zero-order valence-corrected chi connectivity index (χ0v) is 20.6. The third-order valence-electron chi connectivity index (χ3n) is 6.40. The number of urea groups is 1. The second kappa shape index (κ2) is 13.5. The number of nitrogens with one attached hydrogen (secondary N) is 1. The second-order valence-corrected chi connectivity index (χ2v) is 9.30. The van der Waals surface area contributed by atoms with Gasteiger partial charge in [0.2, 0.25) is 0 Å². The summed E-state index contributed by atoms with van der Waals surface area (Å²) in [5.74, 6) is 2.71. The van der Waals surface area contributed by atoms with Crippen LogP contribution in [0.1, 0.15) is 45.6 Å². The molecule has 1 unspecified atom stereocenters. The van der Waals surface area contributed by atoms with Crippen LogP contribution in [0.2, 0.25) is 0 Å². The minimum atomic E-state index is 0.0342. The number of ether oxygens (including phenoxy) is 3. The van der Waals surface area contributed by atoms with Crippen LogP contribution in [-0.2, 0) is 11.2 Å². The lowest BCUT2D eigenvalue weighted by Crippen LogP contribution is -2.50. The highest BCUT2D eigenvalue weighted by Gasteiger charge is 2.26. The molecule has 0 radical (unpaired) electrons. The molecule has 0 saturated carbocycles. The van der Waals surface area contributed by atoms with Crippen LogP contribution >= 0.6 is 0 Å². The molecule has 1 aromatic carbocycles. The number of benzene rings is 1. The number of rotatable bonds is 14. The average molecular weight is 450 g/mol. The molecule has 0 bridgehead atoms. The average Bonchev–Trinajstić information content (AvgIpc) is 2.77. The summed E-state index contributed by atoms with van der Waals surface area (Å²) in [5, 5.41) is 2.92. The van der Waals surface area contributed by atoms with Crippen molar-refractivity contribution >= 4 is 6.03 Å². The summed E-state index contributed by atoms with van der Waals surface area (Å²) in [6.45, 7) is 10.2. The van der Waals surface area contributed by atoms with Crippen LogP contribution in [0.4, 0.5) is 4.79 Å². The van der Waals surface area contributed by atoms with Gasteiger partial charge in [0, 0.05) is 45.8 Å². The summed E-state index contributed by atoms with van der Waals surface area (Å²) in [4.78, 5) is 14.0. The molecule has 182 valence electrons. The Bertz CT molecular complexity index is 698. The molecule has 1 aliphatic rings. The fraction of sp³-hybridized carbons (Fsp3) is 0.720. The number of carbonyl (C=O) groups is 1. The minimum Gasteiger partial charge on any atom is -0.493 e. The number of amides is 2. The van der Waals surface area contributed by atoms with E-state index in [1.165, 1.54) is 5.56 Å². The molecule has 1 aliphatic heterocycles. The molecular formula is C25H43N3O4. The van der Waals surface area contributed by atoms with Crippen molar-refractivity contribution in [3.8, 4) is 11.5 Å². The van der Waals surface area contributed by atoms with E-state index in [0.717, 1.165) is 50.3 Å². The van der Waals surface area contributed by atoms with Crippen LogP contribution in [0.3, 0.4) is 0 Å². The number of nitrogens with zero attached hydrogens (tertiary/aromatic N) is 1. The smallest absolute Gasteiger partial charge is 0.317 e. The number of nitrogens with two attached hydrogens (primary N) is 1. The highest BCUT2D eigenvalue weighted by Crippen LogP contribution is 2.31. The summed E-state index contributed by atoms with van der Waals surface area (Å²) < 4.78 is 16.5. The van der Waals surface area contributed by atoms with Gasteiger partial charge in [0.1, 0.15) is 0 Å². The van der Waals surface area contributed by atoms with Crippen molar-refractivity contribution in [3.63, 3.8) is 0 Å². The van der Waals surface area contributed by atoms with Crippen molar-refractivity contribution in [2.75, 3.05) is 47.1 Å². The Hall–Kier alpha value is -1.99. The Labute approximate surface area is 194 Å². The molecule has 0 spiro atoms. The van der Waals surface area contributed by atoms with Gasteiger partial charge in [-0.1, -0.05) is 26.8 Å². The lowest BCUT2D eigenvalue weighted by Gasteiger charge is -2.33. The standard InChI is InChI=1S/C25H43N3O4/c1-18(2)21(16-22(26)19(3)17-28-11-6-10-27-25(28)29)14-20-8-9-23(31-5)24(15-20)32-13-7-12-30-4/h8-9,15,18-19,21-22H,6-7,10-14,16-17,26H2,1-5H3,(H,27,29)/t19-,21-,22?/m0/s1. The zero-order chi connectivity index (χ0) is 23.5. The van der Waals surface area contributed by atoms with Gasteiger partial charge in [-0.3, -0.25) is 0 Å². The molecule has 2 amide bonds. The van der Waals surface area contributed by atoms with Gasteiger partial charge >= 0.3 is 6.03 Å². The first kappa shape index (κ1) is 26.3. The normalized spacial score (nSPS) is 17.1. The molecule has 2 rings (SSSR count). The predicted molar refractivity (Wildman–Crippen MR) is 128 cm³/mol. The van der Waals surface area contributed by atoms with Crippen LogP contribution in [0.15, 0.2) is 18.2 Å². The van der Waals surface area contributed by atoms with E-state index in [1.807, 2.05) is 11.0 Å². The second-order valence-electron chi connectivity index (χ2n) is 9.30. The molecule has 3 atom stereocenters. The van der Waals surface area contributed by atoms with Crippen molar-refractivity contribution in [2.24, 2.45) is 23.5 Å². The van der Waals surface area contributed by atoms with Gasteiger partial charge < -0.3 is 30.2 Å². The van der Waals surface area contributed by atoms with Crippen LogP contribution in [0.25, 0.3) is 0 Å². The van der Waals surface area contributed by atoms with E-state index in [1.54, 1.807) is 14.2 Å². The van der Waals surface area contributed by atoms with E-state index in [9.17, 15) is 4.79 Å². The fourth-order valence-electron chi connectivity index (χ4n) is 4.16. The van der Waals surface area contributed by atoms with Crippen molar-refractivity contribution in [1.82, 2.24) is 10.2 Å². The maximum absolute atomic E-state index is 12.1. The Balaban J connectivity index is 1.98. The maximum Gasteiger partial charge on any atom is 0.317 e. The van der Waals surface area contributed by atoms with Crippen molar-refractivity contribution in [2.45, 2.75) is 52.5 Å². The number of carbonyl (C=O) groups excluding carboxylic acids is 1. The van der Waals surface area contributed by atoms with Crippen LogP contribution < -0.4 is 20.5 Å². The first-order chi connectivity index (χ1) is 15.3. The molecule has 3 N–H and O–H groups in total. The van der Waals surface area contributed by atoms with Crippen molar-refractivity contribution in [1.29, 1.82) is 0 Å². The van der Waals surface area contributed by atoms with E-state index >= 15 is 0 Å². The summed E-state index contributed by atoms with van der Waals surface area (Å²) in [6.07, 6.45) is 3.68. The monoisotopic (exact) mass is 449 g/mol. The molecule has 1 saturated heterocycles. The lowest BCUT2D eigenvalue weighted by molar-refractivity contribution is 0.169. The van der Waals surface area contributed by atoms with Gasteiger partial charge in [0.15, 0.2) is 11.5 Å². The van der Waals surface area contributed by atoms with Gasteiger partial charge in [0.05, 0.1) is 13.7 Å². The number of hydrogen-bond acceptors (Lipinski definition) is 5. The summed E-state index contributed by atoms with van der Waals surface area (Å²) >= 11 is 0. The molecule has 1 heterocycles. The molecule has 0 aliphatic carbocycles. The Morgan fingerprint density at radius 2 is 1.94 bits per heavy atom. The third kappa shape index (κ3) is 8.17. The highest BCUT2D eigenvalue weighted by atomic mass is 16.5. The number of methoxy groups -OCH3 is 2.